The highest BCUT2D eigenvalue weighted by molar-refractivity contribution is 6.05. The molecule has 2 aromatic carbocycles. The van der Waals surface area contributed by atoms with Crippen molar-refractivity contribution in [2.45, 2.75) is 13.3 Å². The quantitative estimate of drug-likeness (QED) is 0.655. The highest BCUT2D eigenvalue weighted by Gasteiger charge is 2.07. The van der Waals surface area contributed by atoms with Crippen LogP contribution in [0.1, 0.15) is 13.9 Å². The van der Waals surface area contributed by atoms with Crippen molar-refractivity contribution in [1.29, 1.82) is 0 Å². The third-order valence-corrected chi connectivity index (χ3v) is 3.37. The topological polar surface area (TPSA) is 56.9 Å². The van der Waals surface area contributed by atoms with Crippen LogP contribution in [0.3, 0.4) is 0 Å². The number of para-hydroxylation sites is 1. The average molecular weight is 280 g/mol. The molecule has 3 aromatic rings. The molecule has 1 aromatic heterocycles. The first-order chi connectivity index (χ1) is 10.7. The molecular formula is C17H17N3O. The Labute approximate surface area is 124 Å². The van der Waals surface area contributed by atoms with Crippen LogP contribution >= 0.6 is 0 Å². The first kappa shape index (κ1) is 12.0. The summed E-state index contributed by atoms with van der Waals surface area (Å²) in [4.78, 5) is 15.2. The molecule has 3 rings (SSSR count). The average Bonchev–Trinajstić information content (AvgIpc) is 2.92. The van der Waals surface area contributed by atoms with E-state index in [1.54, 1.807) is 18.3 Å². The number of hydrogen-bond donors (Lipinski definition) is 3. The summed E-state index contributed by atoms with van der Waals surface area (Å²) in [6.07, 6.45) is 2.62. The highest BCUT2D eigenvalue weighted by atomic mass is 16.2. The summed E-state index contributed by atoms with van der Waals surface area (Å²) < 4.78 is 7.94. The van der Waals surface area contributed by atoms with E-state index in [1.165, 1.54) is 0 Å². The zero-order chi connectivity index (χ0) is 15.5. The largest absolute Gasteiger partial charge is 0.359 e. The van der Waals surface area contributed by atoms with E-state index in [9.17, 15) is 4.79 Å². The minimum Gasteiger partial charge on any atom is -0.359 e. The van der Waals surface area contributed by atoms with Gasteiger partial charge in [0.05, 0.1) is 7.06 Å². The van der Waals surface area contributed by atoms with Crippen LogP contribution in [-0.2, 0) is 6.42 Å². The molecule has 0 atom stereocenters. The molecule has 21 heavy (non-hydrogen) atoms. The molecule has 0 radical (unpaired) electrons. The lowest BCUT2D eigenvalue weighted by molar-refractivity contribution is 0.262. The number of carbonyl (C=O) groups excluding carboxylic acids is 1. The summed E-state index contributed by atoms with van der Waals surface area (Å²) >= 11 is 0. The van der Waals surface area contributed by atoms with Gasteiger partial charge in [0, 0.05) is 22.8 Å². The van der Waals surface area contributed by atoms with E-state index in [4.69, 9.17) is 1.37 Å². The summed E-state index contributed by atoms with van der Waals surface area (Å²) in [5, 5.41) is 6.47. The fraction of sp³-hybridized carbons (Fsp3) is 0.118. The Morgan fingerprint density at radius 1 is 1.19 bits per heavy atom. The lowest BCUT2D eigenvalue weighted by atomic mass is 10.1. The second-order valence-electron chi connectivity index (χ2n) is 4.79. The smallest absolute Gasteiger partial charge is 0.323 e. The van der Waals surface area contributed by atoms with E-state index in [0.29, 0.717) is 17.4 Å². The van der Waals surface area contributed by atoms with Gasteiger partial charge >= 0.3 is 6.03 Å². The van der Waals surface area contributed by atoms with Crippen LogP contribution in [0.4, 0.5) is 16.2 Å². The maximum Gasteiger partial charge on any atom is 0.323 e. The third kappa shape index (κ3) is 2.89. The minimum absolute atomic E-state index is 0.313. The van der Waals surface area contributed by atoms with Gasteiger partial charge in [0.2, 0.25) is 0 Å². The Morgan fingerprint density at radius 2 is 2.05 bits per heavy atom. The number of aryl methyl sites for hydroxylation is 1. The zero-order valence-electron chi connectivity index (χ0n) is 12.7. The highest BCUT2D eigenvalue weighted by Crippen LogP contribution is 2.22. The molecule has 106 valence electrons. The van der Waals surface area contributed by atoms with Gasteiger partial charge in [0.15, 0.2) is 0 Å². The third-order valence-electron chi connectivity index (χ3n) is 3.37. The number of H-pyrrole nitrogens is 1. The second kappa shape index (κ2) is 5.71. The van der Waals surface area contributed by atoms with Crippen molar-refractivity contribution in [1.82, 2.24) is 4.98 Å². The van der Waals surface area contributed by atoms with Crippen LogP contribution < -0.4 is 10.6 Å². The summed E-state index contributed by atoms with van der Waals surface area (Å²) in [5.74, 6) is 0. The summed E-state index contributed by atoms with van der Waals surface area (Å²) in [7, 11) is 0. The van der Waals surface area contributed by atoms with Crippen molar-refractivity contribution < 1.29 is 6.17 Å². The van der Waals surface area contributed by atoms with Crippen molar-refractivity contribution in [3.05, 3.63) is 60.3 Å². The summed E-state index contributed by atoms with van der Waals surface area (Å²) in [6.45, 7) is 2.03. The van der Waals surface area contributed by atoms with E-state index in [1.807, 2.05) is 37.3 Å². The zero-order valence-corrected chi connectivity index (χ0v) is 11.7. The number of benzene rings is 2. The predicted molar refractivity (Wildman–Crippen MR) is 86.8 cm³/mol. The van der Waals surface area contributed by atoms with E-state index >= 15 is 0 Å². The van der Waals surface area contributed by atoms with Crippen LogP contribution in [0.25, 0.3) is 10.9 Å². The van der Waals surface area contributed by atoms with Gasteiger partial charge in [-0.05, 0) is 30.2 Å². The Kier molecular flexibility index (Phi) is 3.27. The molecule has 0 saturated heterocycles. The molecule has 0 unspecified atom stereocenters. The van der Waals surface area contributed by atoms with Gasteiger partial charge < -0.3 is 15.6 Å². The molecule has 0 saturated carbocycles. The number of rotatable bonds is 3. The van der Waals surface area contributed by atoms with Gasteiger partial charge in [0.1, 0.15) is 0 Å². The molecular weight excluding hydrogens is 262 g/mol. The van der Waals surface area contributed by atoms with Crippen molar-refractivity contribution in [3.63, 3.8) is 0 Å². The summed E-state index contributed by atoms with van der Waals surface area (Å²) in [5.41, 5.74) is 3.25. The fourth-order valence-electron chi connectivity index (χ4n) is 2.21. The van der Waals surface area contributed by atoms with Crippen molar-refractivity contribution in [2.24, 2.45) is 0 Å². The number of fused-ring (bicyclic) bond motifs is 1. The van der Waals surface area contributed by atoms with Crippen molar-refractivity contribution >= 4 is 28.3 Å². The Hall–Kier alpha value is -2.75. The minimum atomic E-state index is -0.359. The van der Waals surface area contributed by atoms with Crippen LogP contribution in [-0.4, -0.2) is 11.0 Å². The molecule has 3 N–H and O–H groups in total. The standard InChI is InChI=1S/C17H17N3O/c1-2-12-7-9-13(10-8-12)19-17(21)20-16-11-18-15-6-4-3-5-14(15)16/h3-11,18H,2H2,1H3,(H2,19,20,21)/i9D. The van der Waals surface area contributed by atoms with Crippen molar-refractivity contribution in [2.75, 3.05) is 10.6 Å². The first-order valence-electron chi connectivity index (χ1n) is 7.41. The summed E-state index contributed by atoms with van der Waals surface area (Å²) in [6, 6.07) is 13.1. The maximum absolute atomic E-state index is 12.1. The Bertz CT molecular complexity index is 826. The van der Waals surface area contributed by atoms with Gasteiger partial charge in [-0.2, -0.15) is 0 Å². The number of carbonyl (C=O) groups is 1. The number of anilines is 2. The normalized spacial score (nSPS) is 11.2. The number of aromatic amines is 1. The van der Waals surface area contributed by atoms with Crippen LogP contribution in [0.15, 0.2) is 54.7 Å². The number of nitrogens with one attached hydrogen (secondary N) is 3. The molecule has 0 bridgehead atoms. The van der Waals surface area contributed by atoms with E-state index in [0.717, 1.165) is 22.9 Å². The fourth-order valence-corrected chi connectivity index (χ4v) is 2.21. The van der Waals surface area contributed by atoms with E-state index < -0.39 is 0 Å². The molecule has 0 fully saturated rings. The molecule has 1 heterocycles. The van der Waals surface area contributed by atoms with Crippen LogP contribution in [0.5, 0.6) is 0 Å². The molecule has 0 aliphatic carbocycles. The molecule has 0 aliphatic rings. The maximum atomic E-state index is 12.1. The second-order valence-corrected chi connectivity index (χ2v) is 4.79. The SMILES string of the molecule is [2H]c1cc(CC)ccc1NC(=O)Nc1c[nH]c2ccccc12. The van der Waals surface area contributed by atoms with Gasteiger partial charge in [-0.3, -0.25) is 0 Å². The molecule has 0 aliphatic heterocycles. The van der Waals surface area contributed by atoms with E-state index in [-0.39, 0.29) is 6.03 Å². The Morgan fingerprint density at radius 3 is 2.86 bits per heavy atom. The van der Waals surface area contributed by atoms with Gasteiger partial charge in [0.25, 0.3) is 0 Å². The monoisotopic (exact) mass is 280 g/mol. The van der Waals surface area contributed by atoms with E-state index in [2.05, 4.69) is 15.6 Å². The molecule has 4 nitrogen and oxygen atoms in total. The van der Waals surface area contributed by atoms with Crippen molar-refractivity contribution in [3.8, 4) is 0 Å². The first-order valence-corrected chi connectivity index (χ1v) is 6.91. The number of urea groups is 1. The molecule has 4 heteroatoms. The number of amides is 2. The lowest BCUT2D eigenvalue weighted by Crippen LogP contribution is -2.19. The van der Waals surface area contributed by atoms with Crippen LogP contribution in [0, 0.1) is 0 Å². The van der Waals surface area contributed by atoms with Gasteiger partial charge in [-0.25, -0.2) is 4.79 Å². The Balaban J connectivity index is 1.75. The van der Waals surface area contributed by atoms with Crippen LogP contribution in [0.2, 0.25) is 0 Å². The van der Waals surface area contributed by atoms with Gasteiger partial charge in [-0.15, -0.1) is 0 Å². The van der Waals surface area contributed by atoms with Gasteiger partial charge in [-0.1, -0.05) is 37.3 Å². The number of hydrogen-bond acceptors (Lipinski definition) is 1. The lowest BCUT2D eigenvalue weighted by Gasteiger charge is -2.07. The number of aromatic nitrogens is 1. The predicted octanol–water partition coefficient (Wildman–Crippen LogP) is 4.37. The molecule has 2 amide bonds. The molecule has 0 spiro atoms.